The molecular weight excluding hydrogens is 493 g/mol. The number of amides is 1. The van der Waals surface area contributed by atoms with E-state index in [1.165, 1.54) is 6.07 Å². The maximum atomic E-state index is 13.7. The van der Waals surface area contributed by atoms with Gasteiger partial charge in [0, 0.05) is 11.8 Å². The molecule has 36 heavy (non-hydrogen) atoms. The smallest absolute Gasteiger partial charge is 0.309 e. The van der Waals surface area contributed by atoms with E-state index >= 15 is 0 Å². The number of hydrogen-bond acceptors (Lipinski definition) is 4. The number of benzene rings is 1. The lowest BCUT2D eigenvalue weighted by molar-refractivity contribution is -0.150. The van der Waals surface area contributed by atoms with Crippen molar-refractivity contribution in [3.05, 3.63) is 58.8 Å². The Kier molecular flexibility index (Phi) is 5.27. The quantitative estimate of drug-likeness (QED) is 0.488. The van der Waals surface area contributed by atoms with E-state index in [1.807, 2.05) is 11.6 Å². The summed E-state index contributed by atoms with van der Waals surface area (Å²) in [5, 5.41) is 12.2. The molecule has 0 saturated heterocycles. The summed E-state index contributed by atoms with van der Waals surface area (Å²) in [5.41, 5.74) is -0.213. The van der Waals surface area contributed by atoms with Crippen molar-refractivity contribution in [1.29, 1.82) is 0 Å². The van der Waals surface area contributed by atoms with E-state index in [9.17, 15) is 18.0 Å². The minimum atomic E-state index is -4.40. The van der Waals surface area contributed by atoms with Gasteiger partial charge in [-0.25, -0.2) is 9.67 Å². The van der Waals surface area contributed by atoms with Gasteiger partial charge in [0.1, 0.15) is 6.33 Å². The molecule has 1 aromatic carbocycles. The number of halogens is 4. The Balaban J connectivity index is 1.22. The number of carbonyl (C=O) groups is 1. The molecule has 7 rings (SSSR count). The van der Waals surface area contributed by atoms with Gasteiger partial charge in [0.05, 0.1) is 23.1 Å². The van der Waals surface area contributed by atoms with Gasteiger partial charge in [-0.05, 0) is 86.6 Å². The molecule has 4 saturated carbocycles. The molecule has 0 radical (unpaired) electrons. The molecule has 4 fully saturated rings. The minimum Gasteiger partial charge on any atom is -0.309 e. The van der Waals surface area contributed by atoms with Crippen LogP contribution in [-0.2, 0) is 23.1 Å². The highest BCUT2D eigenvalue weighted by Crippen LogP contribution is 2.64. The van der Waals surface area contributed by atoms with Gasteiger partial charge in [0.15, 0.2) is 5.82 Å². The molecule has 2 heterocycles. The second kappa shape index (κ2) is 8.06. The fourth-order valence-corrected chi connectivity index (χ4v) is 7.34. The van der Waals surface area contributed by atoms with Crippen LogP contribution in [0.25, 0.3) is 0 Å². The monoisotopic (exact) mass is 518 g/mol. The molecule has 4 aliphatic rings. The normalized spacial score (nSPS) is 29.0. The SMILES string of the molecule is Cc1cc(NC(=O)C23CC4CC(C2)CC(n2cnc(Cl)n2)(C4)C3)nn1Cc1cccc(C(F)(F)F)c1. The van der Waals surface area contributed by atoms with Crippen molar-refractivity contribution < 1.29 is 18.0 Å². The molecule has 3 aromatic rings. The van der Waals surface area contributed by atoms with E-state index in [2.05, 4.69) is 20.5 Å². The summed E-state index contributed by atoms with van der Waals surface area (Å²) in [4.78, 5) is 17.8. The van der Waals surface area contributed by atoms with Gasteiger partial charge in [-0.1, -0.05) is 12.1 Å². The van der Waals surface area contributed by atoms with E-state index < -0.39 is 17.2 Å². The third-order valence-electron chi connectivity index (χ3n) is 8.27. The van der Waals surface area contributed by atoms with Crippen molar-refractivity contribution in [2.45, 2.75) is 63.7 Å². The van der Waals surface area contributed by atoms with Crippen molar-refractivity contribution in [3.8, 4) is 0 Å². The fourth-order valence-electron chi connectivity index (χ4n) is 7.22. The Morgan fingerprint density at radius 1 is 1.17 bits per heavy atom. The highest BCUT2D eigenvalue weighted by molar-refractivity contribution is 6.28. The van der Waals surface area contributed by atoms with Gasteiger partial charge in [-0.2, -0.15) is 18.3 Å². The van der Waals surface area contributed by atoms with Crippen LogP contribution in [0.3, 0.4) is 0 Å². The molecule has 1 amide bonds. The van der Waals surface area contributed by atoms with Crippen molar-refractivity contribution in [2.75, 3.05) is 5.32 Å². The lowest BCUT2D eigenvalue weighted by atomic mass is 9.46. The molecule has 2 aromatic heterocycles. The van der Waals surface area contributed by atoms with Crippen LogP contribution in [0, 0.1) is 24.2 Å². The van der Waals surface area contributed by atoms with Crippen LogP contribution < -0.4 is 5.32 Å². The predicted molar refractivity (Wildman–Crippen MR) is 126 cm³/mol. The standard InChI is InChI=1S/C25H26ClF3N6O/c1-15-5-20(32-34(15)12-16-3-2-4-19(7-16)25(27,28)29)31-21(36)23-8-17-6-18(9-23)11-24(10-17,13-23)35-14-30-22(26)33-35/h2-5,7,14,17-18H,6,8-13H2,1H3,(H,31,32,36). The highest BCUT2D eigenvalue weighted by Gasteiger charge is 2.61. The summed E-state index contributed by atoms with van der Waals surface area (Å²) < 4.78 is 42.8. The Hall–Kier alpha value is -2.88. The van der Waals surface area contributed by atoms with Crippen molar-refractivity contribution in [2.24, 2.45) is 17.3 Å². The number of hydrogen-bond donors (Lipinski definition) is 1. The molecule has 1 N–H and O–H groups in total. The Morgan fingerprint density at radius 3 is 2.58 bits per heavy atom. The van der Waals surface area contributed by atoms with E-state index in [1.54, 1.807) is 23.1 Å². The van der Waals surface area contributed by atoms with Crippen LogP contribution in [0.2, 0.25) is 5.28 Å². The van der Waals surface area contributed by atoms with Crippen LogP contribution in [-0.4, -0.2) is 30.5 Å². The largest absolute Gasteiger partial charge is 0.416 e. The molecule has 0 aliphatic heterocycles. The summed E-state index contributed by atoms with van der Waals surface area (Å²) in [6, 6.07) is 6.98. The van der Waals surface area contributed by atoms with Crippen molar-refractivity contribution in [1.82, 2.24) is 24.5 Å². The molecular formula is C25H26ClF3N6O. The molecule has 11 heteroatoms. The van der Waals surface area contributed by atoms with Gasteiger partial charge in [0.25, 0.3) is 0 Å². The number of nitrogens with zero attached hydrogens (tertiary/aromatic N) is 5. The lowest BCUT2D eigenvalue weighted by Crippen LogP contribution is -2.60. The van der Waals surface area contributed by atoms with Gasteiger partial charge in [-0.15, -0.1) is 5.10 Å². The number of anilines is 1. The summed E-state index contributed by atoms with van der Waals surface area (Å²) in [7, 11) is 0. The molecule has 4 bridgehead atoms. The van der Waals surface area contributed by atoms with Crippen molar-refractivity contribution in [3.63, 3.8) is 0 Å². The fraction of sp³-hybridized carbons (Fsp3) is 0.520. The first-order valence-electron chi connectivity index (χ1n) is 12.1. The zero-order valence-corrected chi connectivity index (χ0v) is 20.5. The Morgan fingerprint density at radius 2 is 1.92 bits per heavy atom. The minimum absolute atomic E-state index is 0.0455. The van der Waals surface area contributed by atoms with E-state index in [4.69, 9.17) is 11.6 Å². The van der Waals surface area contributed by atoms with E-state index in [0.717, 1.165) is 49.9 Å². The molecule has 190 valence electrons. The average Bonchev–Trinajstić information content (AvgIpc) is 3.38. The average molecular weight is 519 g/mol. The summed E-state index contributed by atoms with van der Waals surface area (Å²) in [6.07, 6.45) is 2.71. The van der Waals surface area contributed by atoms with Crippen LogP contribution in [0.5, 0.6) is 0 Å². The number of aryl methyl sites for hydroxylation is 1. The van der Waals surface area contributed by atoms with Crippen LogP contribution in [0.4, 0.5) is 19.0 Å². The third-order valence-corrected chi connectivity index (χ3v) is 8.44. The van der Waals surface area contributed by atoms with Gasteiger partial charge in [-0.3, -0.25) is 9.48 Å². The Bertz CT molecular complexity index is 1320. The number of carbonyl (C=O) groups excluding carboxylic acids is 1. The maximum absolute atomic E-state index is 13.7. The van der Waals surface area contributed by atoms with Crippen molar-refractivity contribution >= 4 is 23.3 Å². The van der Waals surface area contributed by atoms with E-state index in [0.29, 0.717) is 29.6 Å². The topological polar surface area (TPSA) is 77.6 Å². The molecule has 2 atom stereocenters. The molecule has 7 nitrogen and oxygen atoms in total. The number of alkyl halides is 3. The van der Waals surface area contributed by atoms with Crippen LogP contribution in [0.15, 0.2) is 36.7 Å². The van der Waals surface area contributed by atoms with E-state index in [-0.39, 0.29) is 23.3 Å². The van der Waals surface area contributed by atoms with Gasteiger partial charge < -0.3 is 5.32 Å². The lowest BCUT2D eigenvalue weighted by Gasteiger charge is -2.60. The molecule has 0 spiro atoms. The first-order chi connectivity index (χ1) is 17.0. The second-order valence-electron chi connectivity index (χ2n) is 10.9. The maximum Gasteiger partial charge on any atom is 0.416 e. The highest BCUT2D eigenvalue weighted by atomic mass is 35.5. The first kappa shape index (κ1) is 23.5. The third kappa shape index (κ3) is 3.99. The predicted octanol–water partition coefficient (Wildman–Crippen LogP) is 5.44. The van der Waals surface area contributed by atoms with Gasteiger partial charge >= 0.3 is 6.18 Å². The van der Waals surface area contributed by atoms with Gasteiger partial charge in [0.2, 0.25) is 11.2 Å². The Labute approximate surface area is 211 Å². The molecule has 2 unspecified atom stereocenters. The number of aromatic nitrogens is 5. The zero-order valence-electron chi connectivity index (χ0n) is 19.7. The first-order valence-corrected chi connectivity index (χ1v) is 12.5. The molecule has 4 aliphatic carbocycles. The summed E-state index contributed by atoms with van der Waals surface area (Å²) in [6.45, 7) is 2.00. The van der Waals surface area contributed by atoms with Crippen LogP contribution >= 0.6 is 11.6 Å². The van der Waals surface area contributed by atoms with Crippen LogP contribution in [0.1, 0.15) is 55.3 Å². The number of nitrogens with one attached hydrogen (secondary N) is 1. The number of rotatable bonds is 5. The summed E-state index contributed by atoms with van der Waals surface area (Å²) >= 11 is 6.02. The zero-order chi connectivity index (χ0) is 25.3. The summed E-state index contributed by atoms with van der Waals surface area (Å²) in [5.74, 6) is 1.26. The second-order valence-corrected chi connectivity index (χ2v) is 11.2.